The van der Waals surface area contributed by atoms with E-state index in [4.69, 9.17) is 0 Å². The monoisotopic (exact) mass is 252 g/mol. The highest BCUT2D eigenvalue weighted by Gasteiger charge is 2.15. The van der Waals surface area contributed by atoms with Crippen molar-refractivity contribution in [2.75, 3.05) is 20.6 Å². The summed E-state index contributed by atoms with van der Waals surface area (Å²) in [6.07, 6.45) is 2.05. The quantitative estimate of drug-likeness (QED) is 0.801. The van der Waals surface area contributed by atoms with Crippen LogP contribution in [-0.2, 0) is 0 Å². The second-order valence-corrected chi connectivity index (χ2v) is 4.89. The first-order valence-electron chi connectivity index (χ1n) is 6.72. The first kappa shape index (κ1) is 15.1. The molecule has 1 aromatic rings. The highest BCUT2D eigenvalue weighted by atomic mass is 19.1. The number of rotatable bonds is 7. The molecule has 1 N–H and O–H groups in total. The maximum Gasteiger partial charge on any atom is 0.127 e. The smallest absolute Gasteiger partial charge is 0.127 e. The maximum atomic E-state index is 13.7. The molecule has 2 atom stereocenters. The van der Waals surface area contributed by atoms with E-state index in [-0.39, 0.29) is 11.9 Å². The summed E-state index contributed by atoms with van der Waals surface area (Å²) in [5.41, 5.74) is 0.762. The minimum absolute atomic E-state index is 0.0812. The van der Waals surface area contributed by atoms with Crippen molar-refractivity contribution in [3.05, 3.63) is 35.6 Å². The highest BCUT2D eigenvalue weighted by Crippen LogP contribution is 2.20. The summed E-state index contributed by atoms with van der Waals surface area (Å²) in [6.45, 7) is 5.37. The average molecular weight is 252 g/mol. The van der Waals surface area contributed by atoms with E-state index >= 15 is 0 Å². The van der Waals surface area contributed by atoms with Crippen LogP contribution in [0.4, 0.5) is 4.39 Å². The Labute approximate surface area is 110 Å². The Morgan fingerprint density at radius 1 is 1.33 bits per heavy atom. The summed E-state index contributed by atoms with van der Waals surface area (Å²) in [7, 11) is 4.02. The number of hydrogen-bond acceptors (Lipinski definition) is 2. The van der Waals surface area contributed by atoms with Crippen molar-refractivity contribution >= 4 is 0 Å². The third kappa shape index (κ3) is 4.07. The number of nitrogens with one attached hydrogen (secondary N) is 1. The molecule has 0 saturated heterocycles. The SMILES string of the molecule is CCC(C)N(C)CCC(NC)c1ccccc1F. The predicted octanol–water partition coefficient (Wildman–Crippen LogP) is 3.21. The van der Waals surface area contributed by atoms with E-state index in [1.54, 1.807) is 6.07 Å². The van der Waals surface area contributed by atoms with Crippen molar-refractivity contribution < 1.29 is 4.39 Å². The molecule has 1 aromatic carbocycles. The van der Waals surface area contributed by atoms with Crippen molar-refractivity contribution in [1.82, 2.24) is 10.2 Å². The number of nitrogens with zero attached hydrogens (tertiary/aromatic N) is 1. The Balaban J connectivity index is 2.61. The molecule has 18 heavy (non-hydrogen) atoms. The summed E-state index contributed by atoms with van der Waals surface area (Å²) in [5.74, 6) is -0.122. The van der Waals surface area contributed by atoms with Crippen LogP contribution in [0.25, 0.3) is 0 Å². The van der Waals surface area contributed by atoms with Crippen LogP contribution in [0.15, 0.2) is 24.3 Å². The Bertz CT molecular complexity index is 354. The largest absolute Gasteiger partial charge is 0.313 e. The van der Waals surface area contributed by atoms with Gasteiger partial charge in [-0.3, -0.25) is 0 Å². The molecule has 0 spiro atoms. The third-order valence-corrected chi connectivity index (χ3v) is 3.74. The standard InChI is InChI=1S/C15H25FN2/c1-5-12(2)18(4)11-10-15(17-3)13-8-6-7-9-14(13)16/h6-9,12,15,17H,5,10-11H2,1-4H3. The molecule has 102 valence electrons. The lowest BCUT2D eigenvalue weighted by Crippen LogP contribution is -2.32. The van der Waals surface area contributed by atoms with Gasteiger partial charge in [0.25, 0.3) is 0 Å². The van der Waals surface area contributed by atoms with E-state index in [2.05, 4.69) is 31.1 Å². The van der Waals surface area contributed by atoms with Gasteiger partial charge in [-0.05, 0) is 46.5 Å². The van der Waals surface area contributed by atoms with E-state index < -0.39 is 0 Å². The molecule has 2 unspecified atom stereocenters. The fraction of sp³-hybridized carbons (Fsp3) is 0.600. The fourth-order valence-electron chi connectivity index (χ4n) is 2.08. The van der Waals surface area contributed by atoms with Gasteiger partial charge >= 0.3 is 0 Å². The highest BCUT2D eigenvalue weighted by molar-refractivity contribution is 5.21. The molecule has 0 bridgehead atoms. The van der Waals surface area contributed by atoms with Crippen LogP contribution in [0.5, 0.6) is 0 Å². The van der Waals surface area contributed by atoms with Gasteiger partial charge in [-0.15, -0.1) is 0 Å². The average Bonchev–Trinajstić information content (AvgIpc) is 2.40. The molecule has 0 aliphatic rings. The van der Waals surface area contributed by atoms with Gasteiger partial charge < -0.3 is 10.2 Å². The van der Waals surface area contributed by atoms with Gasteiger partial charge in [-0.2, -0.15) is 0 Å². The summed E-state index contributed by atoms with van der Waals surface area (Å²) < 4.78 is 13.7. The first-order valence-corrected chi connectivity index (χ1v) is 6.72. The van der Waals surface area contributed by atoms with Gasteiger partial charge in [0, 0.05) is 17.6 Å². The lowest BCUT2D eigenvalue weighted by Gasteiger charge is -2.26. The van der Waals surface area contributed by atoms with E-state index in [1.165, 1.54) is 6.07 Å². The van der Waals surface area contributed by atoms with Crippen molar-refractivity contribution in [2.45, 2.75) is 38.8 Å². The molecule has 0 aliphatic heterocycles. The molecule has 0 aliphatic carbocycles. The molecule has 0 aromatic heterocycles. The van der Waals surface area contributed by atoms with E-state index in [0.29, 0.717) is 6.04 Å². The van der Waals surface area contributed by atoms with Gasteiger partial charge in [0.2, 0.25) is 0 Å². The van der Waals surface area contributed by atoms with Crippen LogP contribution in [0.1, 0.15) is 38.3 Å². The van der Waals surface area contributed by atoms with Gasteiger partial charge in [0.15, 0.2) is 0 Å². The summed E-state index contributed by atoms with van der Waals surface area (Å²) >= 11 is 0. The zero-order valence-corrected chi connectivity index (χ0v) is 11.9. The summed E-state index contributed by atoms with van der Waals surface area (Å²) in [4.78, 5) is 2.32. The molecule has 1 rings (SSSR count). The van der Waals surface area contributed by atoms with Crippen LogP contribution >= 0.6 is 0 Å². The van der Waals surface area contributed by atoms with Gasteiger partial charge in [-0.1, -0.05) is 25.1 Å². The lowest BCUT2D eigenvalue weighted by molar-refractivity contribution is 0.238. The zero-order valence-electron chi connectivity index (χ0n) is 11.9. The number of hydrogen-bond donors (Lipinski definition) is 1. The molecule has 0 amide bonds. The molecule has 3 heteroatoms. The summed E-state index contributed by atoms with van der Waals surface area (Å²) in [5, 5.41) is 3.20. The van der Waals surface area contributed by atoms with Crippen LogP contribution in [-0.4, -0.2) is 31.6 Å². The normalized spacial score (nSPS) is 14.8. The van der Waals surface area contributed by atoms with Crippen LogP contribution in [0.2, 0.25) is 0 Å². The third-order valence-electron chi connectivity index (χ3n) is 3.74. The van der Waals surface area contributed by atoms with Crippen molar-refractivity contribution in [1.29, 1.82) is 0 Å². The van der Waals surface area contributed by atoms with Crippen LogP contribution in [0.3, 0.4) is 0 Å². The maximum absolute atomic E-state index is 13.7. The molecule has 0 radical (unpaired) electrons. The molecule has 2 nitrogen and oxygen atoms in total. The van der Waals surface area contributed by atoms with Crippen LogP contribution < -0.4 is 5.32 Å². The van der Waals surface area contributed by atoms with Crippen LogP contribution in [0, 0.1) is 5.82 Å². The minimum Gasteiger partial charge on any atom is -0.313 e. The number of benzene rings is 1. The first-order chi connectivity index (χ1) is 8.60. The van der Waals surface area contributed by atoms with E-state index in [1.807, 2.05) is 19.2 Å². The molecule has 0 fully saturated rings. The second-order valence-electron chi connectivity index (χ2n) is 4.89. The van der Waals surface area contributed by atoms with Crippen molar-refractivity contribution in [2.24, 2.45) is 0 Å². The Morgan fingerprint density at radius 3 is 2.56 bits per heavy atom. The number of halogens is 1. The topological polar surface area (TPSA) is 15.3 Å². The predicted molar refractivity (Wildman–Crippen MR) is 75.2 cm³/mol. The van der Waals surface area contributed by atoms with Crippen molar-refractivity contribution in [3.63, 3.8) is 0 Å². The Kier molecular flexibility index (Phi) is 6.30. The molecule has 0 heterocycles. The Morgan fingerprint density at radius 2 is 2.00 bits per heavy atom. The van der Waals surface area contributed by atoms with Gasteiger partial charge in [-0.25, -0.2) is 4.39 Å². The summed E-state index contributed by atoms with van der Waals surface area (Å²) in [6, 6.07) is 7.66. The van der Waals surface area contributed by atoms with Gasteiger partial charge in [0.05, 0.1) is 0 Å². The second kappa shape index (κ2) is 7.49. The van der Waals surface area contributed by atoms with E-state index in [0.717, 1.165) is 24.9 Å². The minimum atomic E-state index is -0.122. The Hall–Kier alpha value is -0.930. The molecular formula is C15H25FN2. The van der Waals surface area contributed by atoms with E-state index in [9.17, 15) is 4.39 Å². The lowest BCUT2D eigenvalue weighted by atomic mass is 10.0. The zero-order chi connectivity index (χ0) is 13.5. The molecular weight excluding hydrogens is 227 g/mol. The fourth-order valence-corrected chi connectivity index (χ4v) is 2.08. The van der Waals surface area contributed by atoms with Gasteiger partial charge in [0.1, 0.15) is 5.82 Å². The van der Waals surface area contributed by atoms with Crippen molar-refractivity contribution in [3.8, 4) is 0 Å². The molecule has 0 saturated carbocycles.